The highest BCUT2D eigenvalue weighted by molar-refractivity contribution is 5.84. The molecule has 6 bridgehead atoms. The molecule has 2 aromatic rings. The summed E-state index contributed by atoms with van der Waals surface area (Å²) in [6.07, 6.45) is 12.3. The summed E-state index contributed by atoms with van der Waals surface area (Å²) < 4.78 is 25.2. The largest absolute Gasteiger partial charge is 0.462 e. The van der Waals surface area contributed by atoms with Crippen LogP contribution in [0.2, 0.25) is 0 Å². The Balaban J connectivity index is 0.885. The predicted octanol–water partition coefficient (Wildman–Crippen LogP) is 6.04. The maximum atomic E-state index is 14.0. The standard InChI is InChI=1S/C43H54N2O8/c1-26(46)50-36-9-5-7-28(17-36)24-44(3)32-13-14-33(44)21-38(20-32)52-42(48)40-30-11-12-31(19-30)41(40)43(49)53-39-22-34-15-16-35(23-39)45(34,4)25-29-8-6-10-37(18-29)51-27(2)47/h5-12,17-18,30-35,38-41H,13-16,19-25H2,1-4H3/q+2. The zero-order valence-corrected chi connectivity index (χ0v) is 31.5. The van der Waals surface area contributed by atoms with Crippen molar-refractivity contribution in [3.63, 3.8) is 0 Å². The fourth-order valence-corrected chi connectivity index (χ4v) is 11.6. The predicted molar refractivity (Wildman–Crippen MR) is 195 cm³/mol. The Labute approximate surface area is 312 Å². The van der Waals surface area contributed by atoms with E-state index in [0.29, 0.717) is 35.7 Å². The van der Waals surface area contributed by atoms with Gasteiger partial charge in [0.15, 0.2) is 0 Å². The van der Waals surface area contributed by atoms with Gasteiger partial charge in [-0.05, 0) is 42.5 Å². The molecule has 4 saturated heterocycles. The van der Waals surface area contributed by atoms with Crippen LogP contribution in [0.25, 0.3) is 0 Å². The monoisotopic (exact) mass is 726 g/mol. The minimum Gasteiger partial charge on any atom is -0.462 e. The van der Waals surface area contributed by atoms with E-state index in [9.17, 15) is 19.2 Å². The molecule has 4 heterocycles. The third kappa shape index (κ3) is 6.93. The van der Waals surface area contributed by atoms with Crippen LogP contribution in [0.1, 0.15) is 82.8 Å². The first kappa shape index (κ1) is 36.0. The molecule has 10 heteroatoms. The van der Waals surface area contributed by atoms with Crippen molar-refractivity contribution in [1.82, 2.24) is 0 Å². The zero-order chi connectivity index (χ0) is 37.1. The van der Waals surface area contributed by atoms with Crippen LogP contribution in [0.5, 0.6) is 11.5 Å². The first-order valence-electron chi connectivity index (χ1n) is 19.7. The molecule has 10 nitrogen and oxygen atoms in total. The second-order valence-corrected chi connectivity index (χ2v) is 17.3. The van der Waals surface area contributed by atoms with E-state index in [4.69, 9.17) is 18.9 Å². The van der Waals surface area contributed by atoms with Crippen molar-refractivity contribution >= 4 is 23.9 Å². The molecule has 8 rings (SSSR count). The molecule has 2 aromatic carbocycles. The fourth-order valence-electron chi connectivity index (χ4n) is 11.6. The van der Waals surface area contributed by atoms with E-state index >= 15 is 0 Å². The molecule has 5 fully saturated rings. The van der Waals surface area contributed by atoms with Gasteiger partial charge in [0.05, 0.1) is 50.1 Å². The average molecular weight is 727 g/mol. The van der Waals surface area contributed by atoms with Crippen molar-refractivity contribution in [2.75, 3.05) is 14.1 Å². The van der Waals surface area contributed by atoms with Gasteiger partial charge in [0.25, 0.3) is 0 Å². The highest BCUT2D eigenvalue weighted by Gasteiger charge is 2.57. The van der Waals surface area contributed by atoms with Crippen LogP contribution in [0.4, 0.5) is 0 Å². The van der Waals surface area contributed by atoms with Crippen LogP contribution in [-0.2, 0) is 41.7 Å². The molecular weight excluding hydrogens is 672 g/mol. The highest BCUT2D eigenvalue weighted by atomic mass is 16.6. The molecule has 0 aromatic heterocycles. The third-order valence-electron chi connectivity index (χ3n) is 14.1. The van der Waals surface area contributed by atoms with Crippen LogP contribution in [-0.4, -0.2) is 83.3 Å². The van der Waals surface area contributed by atoms with Crippen LogP contribution in [0.15, 0.2) is 60.7 Å². The van der Waals surface area contributed by atoms with E-state index in [0.717, 1.165) is 91.0 Å². The van der Waals surface area contributed by atoms with Gasteiger partial charge in [-0.15, -0.1) is 0 Å². The Hall–Kier alpha value is -4.02. The maximum Gasteiger partial charge on any atom is 0.310 e. The van der Waals surface area contributed by atoms with Crippen molar-refractivity contribution in [2.45, 2.75) is 121 Å². The first-order chi connectivity index (χ1) is 25.4. The van der Waals surface area contributed by atoms with Crippen molar-refractivity contribution < 1.29 is 47.1 Å². The molecule has 282 valence electrons. The number of ether oxygens (including phenoxy) is 4. The van der Waals surface area contributed by atoms with Crippen molar-refractivity contribution in [1.29, 1.82) is 0 Å². The normalized spacial score (nSPS) is 37.7. The Morgan fingerprint density at radius 1 is 0.585 bits per heavy atom. The molecule has 6 aliphatic rings. The Morgan fingerprint density at radius 2 is 0.962 bits per heavy atom. The number of allylic oxidation sites excluding steroid dienone is 2. The van der Waals surface area contributed by atoms with E-state index < -0.39 is 11.8 Å². The molecule has 0 amide bonds. The van der Waals surface area contributed by atoms with Crippen LogP contribution in [0, 0.1) is 23.7 Å². The molecule has 0 radical (unpaired) electrons. The van der Waals surface area contributed by atoms with Gasteiger partial charge in [-0.1, -0.05) is 36.4 Å². The summed E-state index contributed by atoms with van der Waals surface area (Å²) in [5, 5.41) is 0. The average Bonchev–Trinajstić information content (AvgIpc) is 3.75. The fraction of sp³-hybridized carbons (Fsp3) is 0.581. The number of fused-ring (bicyclic) bond motifs is 6. The van der Waals surface area contributed by atoms with Crippen LogP contribution in [0.3, 0.4) is 0 Å². The summed E-state index contributed by atoms with van der Waals surface area (Å²) in [6, 6.07) is 17.1. The molecule has 53 heavy (non-hydrogen) atoms. The Morgan fingerprint density at radius 3 is 1.32 bits per heavy atom. The molecule has 8 unspecified atom stereocenters. The second kappa shape index (κ2) is 14.0. The van der Waals surface area contributed by atoms with Gasteiger partial charge in [-0.25, -0.2) is 0 Å². The topological polar surface area (TPSA) is 105 Å². The molecule has 2 aliphatic carbocycles. The number of esters is 4. The molecule has 4 aliphatic heterocycles. The number of rotatable bonds is 10. The minimum atomic E-state index is -0.493. The number of benzene rings is 2. The van der Waals surface area contributed by atoms with Gasteiger partial charge in [-0.3, -0.25) is 19.2 Å². The second-order valence-electron chi connectivity index (χ2n) is 17.3. The first-order valence-corrected chi connectivity index (χ1v) is 19.7. The summed E-state index contributed by atoms with van der Waals surface area (Å²) in [4.78, 5) is 51.1. The lowest BCUT2D eigenvalue weighted by molar-refractivity contribution is -0.961. The van der Waals surface area contributed by atoms with E-state index in [1.54, 1.807) is 0 Å². The number of carbonyl (C=O) groups excluding carboxylic acids is 4. The lowest BCUT2D eigenvalue weighted by Crippen LogP contribution is -2.58. The van der Waals surface area contributed by atoms with Crippen molar-refractivity contribution in [3.8, 4) is 11.5 Å². The summed E-state index contributed by atoms with van der Waals surface area (Å²) in [7, 11) is 4.63. The van der Waals surface area contributed by atoms with Crippen molar-refractivity contribution in [2.24, 2.45) is 23.7 Å². The number of carbonyl (C=O) groups is 4. The van der Waals surface area contributed by atoms with Gasteiger partial charge in [-0.2, -0.15) is 0 Å². The number of hydrogen-bond acceptors (Lipinski definition) is 8. The SMILES string of the molecule is CC(=O)Oc1cccc(C[N+]2(C)C3CCC2CC(OC(=O)C2C4C=CC(C4)C2C(=O)OC2CC4CCC(C2)[N+]4(C)Cc2cccc(OC(C)=O)c2)C3)c1. The van der Waals surface area contributed by atoms with Gasteiger partial charge < -0.3 is 27.9 Å². The lowest BCUT2D eigenvalue weighted by atomic mass is 9.82. The molecule has 0 N–H and O–H groups in total. The molecule has 8 atom stereocenters. The maximum absolute atomic E-state index is 14.0. The smallest absolute Gasteiger partial charge is 0.310 e. The van der Waals surface area contributed by atoms with E-state index in [1.807, 2.05) is 36.4 Å². The summed E-state index contributed by atoms with van der Waals surface area (Å²) in [6.45, 7) is 4.50. The lowest BCUT2D eigenvalue weighted by Gasteiger charge is -2.47. The van der Waals surface area contributed by atoms with E-state index in [-0.39, 0.29) is 47.9 Å². The van der Waals surface area contributed by atoms with Gasteiger partial charge in [0.1, 0.15) is 36.8 Å². The van der Waals surface area contributed by atoms with Gasteiger partial charge in [0.2, 0.25) is 0 Å². The summed E-state index contributed by atoms with van der Waals surface area (Å²) >= 11 is 0. The van der Waals surface area contributed by atoms with E-state index in [1.165, 1.54) is 13.8 Å². The van der Waals surface area contributed by atoms with Crippen LogP contribution < -0.4 is 9.47 Å². The van der Waals surface area contributed by atoms with Gasteiger partial charge >= 0.3 is 23.9 Å². The summed E-state index contributed by atoms with van der Waals surface area (Å²) in [5.74, 6) is -0.937. The molecule has 1 saturated carbocycles. The molecular formula is C43H54N2O8+2. The highest BCUT2D eigenvalue weighted by Crippen LogP contribution is 2.51. The van der Waals surface area contributed by atoms with Gasteiger partial charge in [0, 0.05) is 76.3 Å². The Kier molecular flexibility index (Phi) is 9.50. The summed E-state index contributed by atoms with van der Waals surface area (Å²) in [5.41, 5.74) is 2.27. The van der Waals surface area contributed by atoms with E-state index in [2.05, 4.69) is 38.4 Å². The number of quaternary nitrogens is 2. The minimum absolute atomic E-state index is 0.0150. The molecule has 0 spiro atoms. The third-order valence-corrected chi connectivity index (χ3v) is 14.1. The van der Waals surface area contributed by atoms with Crippen LogP contribution >= 0.6 is 0 Å². The number of nitrogens with zero attached hydrogens (tertiary/aromatic N) is 2. The number of piperidine rings is 2. The Bertz CT molecular complexity index is 1650. The number of hydrogen-bond donors (Lipinski definition) is 0. The quantitative estimate of drug-likeness (QED) is 0.126. The zero-order valence-electron chi connectivity index (χ0n) is 31.5. The van der Waals surface area contributed by atoms with Crippen molar-refractivity contribution in [3.05, 3.63) is 71.8 Å².